The van der Waals surface area contributed by atoms with Gasteiger partial charge in [-0.2, -0.15) is 0 Å². The van der Waals surface area contributed by atoms with Gasteiger partial charge in [-0.25, -0.2) is 0 Å². The second kappa shape index (κ2) is 6.95. The van der Waals surface area contributed by atoms with Crippen LogP contribution in [-0.2, 0) is 4.79 Å². The molecule has 1 aliphatic carbocycles. The molecule has 0 heterocycles. The molecule has 110 valence electrons. The molecular weight excluding hydrogens is 274 g/mol. The molecule has 1 aromatic rings. The zero-order valence-electron chi connectivity index (χ0n) is 11.9. The maximum Gasteiger partial charge on any atom is 0.225 e. The van der Waals surface area contributed by atoms with Crippen molar-refractivity contribution in [1.82, 2.24) is 4.90 Å². The van der Waals surface area contributed by atoms with E-state index in [-0.39, 0.29) is 5.91 Å². The zero-order chi connectivity index (χ0) is 14.5. The number of carbonyl (C=O) groups is 1. The Kier molecular flexibility index (Phi) is 5.26. The number of nitrogens with zero attached hydrogens (tertiary/aromatic N) is 1. The fourth-order valence-electron chi connectivity index (χ4n) is 2.31. The SMILES string of the molecule is CCCN(CCC(=O)Nc1ccc(Cl)cc1N)C1CC1. The number of carbonyl (C=O) groups excluding carboxylic acids is 1. The van der Waals surface area contributed by atoms with Crippen molar-refractivity contribution in [2.75, 3.05) is 24.1 Å². The normalized spacial score (nSPS) is 14.6. The van der Waals surface area contributed by atoms with Gasteiger partial charge in [0.1, 0.15) is 0 Å². The Morgan fingerprint density at radius 1 is 1.45 bits per heavy atom. The number of anilines is 2. The standard InChI is InChI=1S/C15H22ClN3O/c1-2-8-19(12-4-5-12)9-7-15(20)18-14-6-3-11(16)10-13(14)17/h3,6,10,12H,2,4-5,7-9,17H2,1H3,(H,18,20). The predicted molar refractivity (Wildman–Crippen MR) is 84.0 cm³/mol. The lowest BCUT2D eigenvalue weighted by atomic mass is 10.2. The monoisotopic (exact) mass is 295 g/mol. The van der Waals surface area contributed by atoms with Gasteiger partial charge in [0.2, 0.25) is 5.91 Å². The molecule has 0 saturated heterocycles. The first kappa shape index (κ1) is 15.1. The van der Waals surface area contributed by atoms with Crippen LogP contribution in [0.3, 0.4) is 0 Å². The molecular formula is C15H22ClN3O. The van der Waals surface area contributed by atoms with E-state index in [1.54, 1.807) is 18.2 Å². The average molecular weight is 296 g/mol. The second-order valence-electron chi connectivity index (χ2n) is 5.30. The fraction of sp³-hybridized carbons (Fsp3) is 0.533. The number of rotatable bonds is 7. The lowest BCUT2D eigenvalue weighted by molar-refractivity contribution is -0.116. The fourth-order valence-corrected chi connectivity index (χ4v) is 2.49. The highest BCUT2D eigenvalue weighted by Gasteiger charge is 2.28. The number of nitrogen functional groups attached to an aromatic ring is 1. The van der Waals surface area contributed by atoms with E-state index in [0.29, 0.717) is 28.9 Å². The van der Waals surface area contributed by atoms with Crippen molar-refractivity contribution >= 4 is 28.9 Å². The van der Waals surface area contributed by atoms with Crippen LogP contribution in [0.2, 0.25) is 5.02 Å². The highest BCUT2D eigenvalue weighted by atomic mass is 35.5. The van der Waals surface area contributed by atoms with Gasteiger partial charge in [0.05, 0.1) is 11.4 Å². The summed E-state index contributed by atoms with van der Waals surface area (Å²) in [5, 5.41) is 3.42. The van der Waals surface area contributed by atoms with Crippen LogP contribution in [-0.4, -0.2) is 29.9 Å². The van der Waals surface area contributed by atoms with Crippen molar-refractivity contribution in [3.8, 4) is 0 Å². The van der Waals surface area contributed by atoms with E-state index in [4.69, 9.17) is 17.3 Å². The van der Waals surface area contributed by atoms with Gasteiger partial charge in [-0.05, 0) is 44.0 Å². The summed E-state index contributed by atoms with van der Waals surface area (Å²) in [7, 11) is 0. The number of benzene rings is 1. The third kappa shape index (κ3) is 4.39. The van der Waals surface area contributed by atoms with Crippen LogP contribution in [0.25, 0.3) is 0 Å². The summed E-state index contributed by atoms with van der Waals surface area (Å²) < 4.78 is 0. The third-order valence-electron chi connectivity index (χ3n) is 3.49. The minimum atomic E-state index is 0.000718. The van der Waals surface area contributed by atoms with Crippen LogP contribution in [0.5, 0.6) is 0 Å². The second-order valence-corrected chi connectivity index (χ2v) is 5.73. The molecule has 3 N–H and O–H groups in total. The summed E-state index contributed by atoms with van der Waals surface area (Å²) in [5.41, 5.74) is 6.95. The van der Waals surface area contributed by atoms with Crippen LogP contribution < -0.4 is 11.1 Å². The van der Waals surface area contributed by atoms with Crippen molar-refractivity contribution in [3.63, 3.8) is 0 Å². The Hall–Kier alpha value is -1.26. The topological polar surface area (TPSA) is 58.4 Å². The summed E-state index contributed by atoms with van der Waals surface area (Å²) in [6.07, 6.45) is 4.17. The van der Waals surface area contributed by atoms with E-state index in [2.05, 4.69) is 17.1 Å². The lowest BCUT2D eigenvalue weighted by Gasteiger charge is -2.20. The summed E-state index contributed by atoms with van der Waals surface area (Å²) >= 11 is 5.83. The van der Waals surface area contributed by atoms with E-state index in [1.165, 1.54) is 12.8 Å². The van der Waals surface area contributed by atoms with E-state index < -0.39 is 0 Å². The molecule has 1 aliphatic rings. The predicted octanol–water partition coefficient (Wildman–Crippen LogP) is 3.13. The first-order valence-electron chi connectivity index (χ1n) is 7.19. The van der Waals surface area contributed by atoms with Gasteiger partial charge in [-0.15, -0.1) is 0 Å². The van der Waals surface area contributed by atoms with Gasteiger partial charge < -0.3 is 11.1 Å². The van der Waals surface area contributed by atoms with Gasteiger partial charge in [0, 0.05) is 24.0 Å². The zero-order valence-corrected chi connectivity index (χ0v) is 12.6. The molecule has 1 aromatic carbocycles. The number of hydrogen-bond acceptors (Lipinski definition) is 3. The van der Waals surface area contributed by atoms with E-state index in [0.717, 1.165) is 19.5 Å². The number of halogens is 1. The first-order chi connectivity index (χ1) is 9.60. The van der Waals surface area contributed by atoms with Gasteiger partial charge in [-0.3, -0.25) is 9.69 Å². The van der Waals surface area contributed by atoms with Crippen molar-refractivity contribution < 1.29 is 4.79 Å². The number of amides is 1. The van der Waals surface area contributed by atoms with Crippen molar-refractivity contribution in [1.29, 1.82) is 0 Å². The summed E-state index contributed by atoms with van der Waals surface area (Å²) in [5.74, 6) is 0.000718. The average Bonchev–Trinajstić information content (AvgIpc) is 3.22. The van der Waals surface area contributed by atoms with E-state index in [9.17, 15) is 4.79 Å². The maximum absolute atomic E-state index is 12.0. The van der Waals surface area contributed by atoms with Crippen LogP contribution in [0.1, 0.15) is 32.6 Å². The molecule has 0 aliphatic heterocycles. The molecule has 0 bridgehead atoms. The number of nitrogens with two attached hydrogens (primary N) is 1. The lowest BCUT2D eigenvalue weighted by Crippen LogP contribution is -2.30. The third-order valence-corrected chi connectivity index (χ3v) is 3.72. The Bertz CT molecular complexity index is 474. The van der Waals surface area contributed by atoms with E-state index >= 15 is 0 Å². The number of nitrogens with one attached hydrogen (secondary N) is 1. The Balaban J connectivity index is 1.82. The molecule has 5 heteroatoms. The minimum Gasteiger partial charge on any atom is -0.397 e. The number of hydrogen-bond donors (Lipinski definition) is 2. The molecule has 2 rings (SSSR count). The summed E-state index contributed by atoms with van der Waals surface area (Å²) in [6.45, 7) is 4.06. The van der Waals surface area contributed by atoms with Crippen LogP contribution in [0, 0.1) is 0 Å². The molecule has 4 nitrogen and oxygen atoms in total. The quantitative estimate of drug-likeness (QED) is 0.760. The first-order valence-corrected chi connectivity index (χ1v) is 7.57. The van der Waals surface area contributed by atoms with Gasteiger partial charge >= 0.3 is 0 Å². The van der Waals surface area contributed by atoms with Gasteiger partial charge in [0.15, 0.2) is 0 Å². The van der Waals surface area contributed by atoms with Crippen molar-refractivity contribution in [2.24, 2.45) is 0 Å². The molecule has 0 atom stereocenters. The summed E-state index contributed by atoms with van der Waals surface area (Å²) in [4.78, 5) is 14.4. The molecule has 0 spiro atoms. The van der Waals surface area contributed by atoms with Crippen LogP contribution in [0.15, 0.2) is 18.2 Å². The highest BCUT2D eigenvalue weighted by Crippen LogP contribution is 2.27. The van der Waals surface area contributed by atoms with Gasteiger partial charge in [-0.1, -0.05) is 18.5 Å². The Morgan fingerprint density at radius 2 is 2.20 bits per heavy atom. The molecule has 0 unspecified atom stereocenters. The molecule has 1 amide bonds. The largest absolute Gasteiger partial charge is 0.397 e. The smallest absolute Gasteiger partial charge is 0.225 e. The Morgan fingerprint density at radius 3 is 2.80 bits per heavy atom. The molecule has 1 saturated carbocycles. The van der Waals surface area contributed by atoms with Crippen LogP contribution >= 0.6 is 11.6 Å². The molecule has 1 fully saturated rings. The maximum atomic E-state index is 12.0. The molecule has 0 radical (unpaired) electrons. The van der Waals surface area contributed by atoms with Crippen molar-refractivity contribution in [3.05, 3.63) is 23.2 Å². The minimum absolute atomic E-state index is 0.000718. The molecule has 0 aromatic heterocycles. The highest BCUT2D eigenvalue weighted by molar-refractivity contribution is 6.31. The summed E-state index contributed by atoms with van der Waals surface area (Å²) in [6, 6.07) is 5.80. The van der Waals surface area contributed by atoms with Gasteiger partial charge in [0.25, 0.3) is 0 Å². The van der Waals surface area contributed by atoms with E-state index in [1.807, 2.05) is 0 Å². The Labute approximate surface area is 125 Å². The van der Waals surface area contributed by atoms with Crippen molar-refractivity contribution in [2.45, 2.75) is 38.6 Å². The molecule has 20 heavy (non-hydrogen) atoms. The van der Waals surface area contributed by atoms with Crippen LogP contribution in [0.4, 0.5) is 11.4 Å².